The Morgan fingerprint density at radius 3 is 2.36 bits per heavy atom. The lowest BCUT2D eigenvalue weighted by atomic mass is 10.0. The molecular weight excluding hydrogens is 596 g/mol. The highest BCUT2D eigenvalue weighted by Gasteiger charge is 2.23. The number of anilines is 4. The van der Waals surface area contributed by atoms with Crippen molar-refractivity contribution in [2.75, 3.05) is 57.0 Å². The van der Waals surface area contributed by atoms with E-state index in [1.807, 2.05) is 0 Å². The molecule has 2 heterocycles. The van der Waals surface area contributed by atoms with Crippen molar-refractivity contribution < 1.29 is 13.2 Å². The molecule has 3 aromatic rings. The van der Waals surface area contributed by atoms with Gasteiger partial charge in [0.2, 0.25) is 5.95 Å². The lowest BCUT2D eigenvalue weighted by Crippen LogP contribution is -2.47. The zero-order valence-electron chi connectivity index (χ0n) is 26.7. The number of sulfone groups is 1. The number of methoxy groups -OCH3 is 1. The molecule has 1 aromatic heterocycles. The number of unbranched alkanes of at least 4 members (excludes halogenated alkanes) is 3. The van der Waals surface area contributed by atoms with Gasteiger partial charge in [0.05, 0.1) is 34.8 Å². The Hall–Kier alpha value is -2.92. The van der Waals surface area contributed by atoms with Gasteiger partial charge in [-0.25, -0.2) is 13.4 Å². The summed E-state index contributed by atoms with van der Waals surface area (Å²) in [6, 6.07) is 10.9. The molecule has 1 saturated heterocycles. The van der Waals surface area contributed by atoms with Crippen LogP contribution in [-0.2, 0) is 16.3 Å². The van der Waals surface area contributed by atoms with Crippen molar-refractivity contribution in [3.8, 4) is 5.75 Å². The predicted molar refractivity (Wildman–Crippen MR) is 181 cm³/mol. The molecule has 0 bridgehead atoms. The van der Waals surface area contributed by atoms with Crippen LogP contribution in [0, 0.1) is 6.92 Å². The van der Waals surface area contributed by atoms with Crippen LogP contribution in [0.4, 0.5) is 23.1 Å². The van der Waals surface area contributed by atoms with Gasteiger partial charge < -0.3 is 25.2 Å². The van der Waals surface area contributed by atoms with Crippen molar-refractivity contribution in [1.29, 1.82) is 0 Å². The van der Waals surface area contributed by atoms with Crippen LogP contribution in [0.3, 0.4) is 0 Å². The molecule has 9 nitrogen and oxygen atoms in total. The maximum absolute atomic E-state index is 12.9. The minimum Gasteiger partial charge on any atom is -0.495 e. The molecule has 1 aliphatic heterocycles. The molecule has 0 unspecified atom stereocenters. The molecule has 4 rings (SSSR count). The number of para-hydroxylation sites is 1. The van der Waals surface area contributed by atoms with Gasteiger partial charge in [-0.05, 0) is 75.5 Å². The van der Waals surface area contributed by atoms with Crippen LogP contribution in [0.1, 0.15) is 57.6 Å². The highest BCUT2D eigenvalue weighted by Crippen LogP contribution is 2.33. The first kappa shape index (κ1) is 34.0. The van der Waals surface area contributed by atoms with Crippen LogP contribution in [0.5, 0.6) is 5.75 Å². The molecule has 240 valence electrons. The number of nitrogens with zero attached hydrogens (tertiary/aromatic N) is 4. The van der Waals surface area contributed by atoms with Gasteiger partial charge in [-0.3, -0.25) is 0 Å². The number of hydrogen-bond donors (Lipinski definition) is 2. The van der Waals surface area contributed by atoms with Crippen LogP contribution < -0.4 is 15.4 Å². The van der Waals surface area contributed by atoms with E-state index in [1.54, 1.807) is 45.2 Å². The van der Waals surface area contributed by atoms with E-state index in [4.69, 9.17) is 16.3 Å². The van der Waals surface area contributed by atoms with E-state index in [-0.39, 0.29) is 9.92 Å². The van der Waals surface area contributed by atoms with Gasteiger partial charge in [0.1, 0.15) is 10.8 Å². The summed E-state index contributed by atoms with van der Waals surface area (Å²) in [6.07, 6.45) is 7.70. The lowest BCUT2D eigenvalue weighted by Gasteiger charge is -2.34. The molecule has 0 amide bonds. The van der Waals surface area contributed by atoms with Crippen molar-refractivity contribution in [3.05, 3.63) is 58.7 Å². The van der Waals surface area contributed by atoms with Crippen molar-refractivity contribution >= 4 is 44.6 Å². The number of rotatable bonds is 15. The molecule has 1 aliphatic rings. The molecule has 2 N–H and O–H groups in total. The van der Waals surface area contributed by atoms with Crippen molar-refractivity contribution in [3.63, 3.8) is 0 Å². The zero-order chi connectivity index (χ0) is 31.7. The molecule has 1 fully saturated rings. The summed E-state index contributed by atoms with van der Waals surface area (Å²) in [5, 5.41) is 6.06. The molecule has 0 atom stereocenters. The summed E-state index contributed by atoms with van der Waals surface area (Å²) in [5.74, 6) is 1.30. The quantitative estimate of drug-likeness (QED) is 0.172. The third-order valence-corrected chi connectivity index (χ3v) is 10.7. The third kappa shape index (κ3) is 8.84. The number of ether oxygens (including phenoxy) is 1. The van der Waals surface area contributed by atoms with Crippen LogP contribution in [0.25, 0.3) is 0 Å². The summed E-state index contributed by atoms with van der Waals surface area (Å²) in [4.78, 5) is 14.3. The second-order valence-corrected chi connectivity index (χ2v) is 14.6. The third-order valence-electron chi connectivity index (χ3n) is 8.21. The number of aromatic nitrogens is 2. The SMILES string of the molecule is CCCCCCN1CCN(CCc2cc(OC)c(Nc3ncc(Cl)c(Nc4ccccc4S(=O)(=O)C(C)C)n3)cc2C)CC1. The predicted octanol–water partition coefficient (Wildman–Crippen LogP) is 6.86. The second-order valence-electron chi connectivity index (χ2n) is 11.7. The van der Waals surface area contributed by atoms with E-state index < -0.39 is 15.1 Å². The first-order valence-corrected chi connectivity index (χ1v) is 17.6. The fourth-order valence-electron chi connectivity index (χ4n) is 5.38. The molecule has 2 aromatic carbocycles. The van der Waals surface area contributed by atoms with E-state index in [0.29, 0.717) is 23.2 Å². The summed E-state index contributed by atoms with van der Waals surface area (Å²) < 4.78 is 31.6. The number of piperazine rings is 1. The van der Waals surface area contributed by atoms with Crippen LogP contribution >= 0.6 is 11.6 Å². The Bertz CT molecular complexity index is 1490. The number of aryl methyl sites for hydroxylation is 1. The molecular formula is C33H47ClN6O3S. The van der Waals surface area contributed by atoms with Crippen molar-refractivity contribution in [2.45, 2.75) is 69.9 Å². The van der Waals surface area contributed by atoms with E-state index in [1.165, 1.54) is 44.0 Å². The monoisotopic (exact) mass is 642 g/mol. The minimum absolute atomic E-state index is 0.191. The highest BCUT2D eigenvalue weighted by molar-refractivity contribution is 7.92. The van der Waals surface area contributed by atoms with E-state index >= 15 is 0 Å². The van der Waals surface area contributed by atoms with E-state index in [0.717, 1.165) is 50.4 Å². The normalized spacial score (nSPS) is 14.6. The molecule has 0 radical (unpaired) electrons. The molecule has 0 spiro atoms. The molecule has 0 aliphatic carbocycles. The first-order chi connectivity index (χ1) is 21.1. The minimum atomic E-state index is -3.52. The zero-order valence-corrected chi connectivity index (χ0v) is 28.3. The smallest absolute Gasteiger partial charge is 0.229 e. The summed E-state index contributed by atoms with van der Waals surface area (Å²) in [6.45, 7) is 14.4. The molecule has 0 saturated carbocycles. The number of nitrogens with one attached hydrogen (secondary N) is 2. The Kier molecular flexibility index (Phi) is 12.3. The van der Waals surface area contributed by atoms with Crippen molar-refractivity contribution in [1.82, 2.24) is 19.8 Å². The summed E-state index contributed by atoms with van der Waals surface area (Å²) >= 11 is 6.43. The Labute approximate surface area is 268 Å². The van der Waals surface area contributed by atoms with Gasteiger partial charge in [-0.1, -0.05) is 49.9 Å². The van der Waals surface area contributed by atoms with Crippen LogP contribution in [0.2, 0.25) is 5.02 Å². The van der Waals surface area contributed by atoms with Gasteiger partial charge in [-0.2, -0.15) is 4.98 Å². The van der Waals surface area contributed by atoms with Gasteiger partial charge in [0, 0.05) is 32.7 Å². The van der Waals surface area contributed by atoms with Crippen molar-refractivity contribution in [2.24, 2.45) is 0 Å². The van der Waals surface area contributed by atoms with Gasteiger partial charge in [-0.15, -0.1) is 0 Å². The molecule has 44 heavy (non-hydrogen) atoms. The Balaban J connectivity index is 1.41. The average molecular weight is 643 g/mol. The van der Waals surface area contributed by atoms with E-state index in [2.05, 4.69) is 56.4 Å². The summed E-state index contributed by atoms with van der Waals surface area (Å²) in [5.41, 5.74) is 3.54. The summed E-state index contributed by atoms with van der Waals surface area (Å²) in [7, 11) is -1.87. The topological polar surface area (TPSA) is 99.7 Å². The Morgan fingerprint density at radius 1 is 0.977 bits per heavy atom. The largest absolute Gasteiger partial charge is 0.495 e. The maximum atomic E-state index is 12.9. The number of halogens is 1. The highest BCUT2D eigenvalue weighted by atomic mass is 35.5. The van der Waals surface area contributed by atoms with Gasteiger partial charge in [0.15, 0.2) is 15.7 Å². The van der Waals surface area contributed by atoms with Crippen LogP contribution in [-0.4, -0.2) is 79.8 Å². The standard InChI is InChI=1S/C33H47ClN6O3S/c1-6-7-8-11-15-39-17-19-40(20-18-39)16-14-26-22-30(43-5)29(21-25(26)4)37-33-35-23-27(34)32(38-33)36-28-12-9-10-13-31(28)44(41,42)24(2)3/h9-10,12-13,21-24H,6-8,11,14-20H2,1-5H3,(H2,35,36,37,38). The first-order valence-electron chi connectivity index (χ1n) is 15.6. The van der Waals surface area contributed by atoms with E-state index in [9.17, 15) is 8.42 Å². The molecule has 11 heteroatoms. The fraction of sp³-hybridized carbons (Fsp3) is 0.515. The van der Waals surface area contributed by atoms with Gasteiger partial charge in [0.25, 0.3) is 0 Å². The van der Waals surface area contributed by atoms with Crippen LogP contribution in [0.15, 0.2) is 47.5 Å². The Morgan fingerprint density at radius 2 is 1.68 bits per heavy atom. The average Bonchev–Trinajstić information content (AvgIpc) is 3.01. The van der Waals surface area contributed by atoms with Gasteiger partial charge >= 0.3 is 0 Å². The number of hydrogen-bond acceptors (Lipinski definition) is 9. The number of benzene rings is 2. The second kappa shape index (κ2) is 15.9. The lowest BCUT2D eigenvalue weighted by molar-refractivity contribution is 0.131. The maximum Gasteiger partial charge on any atom is 0.229 e. The fourth-order valence-corrected chi connectivity index (χ4v) is 6.72.